The van der Waals surface area contributed by atoms with Crippen LogP contribution in [0, 0.1) is 5.41 Å². The minimum Gasteiger partial charge on any atom is -0.384 e. The molecule has 112 valence electrons. The number of amides is 1. The first kappa shape index (κ1) is 16.6. The Kier molecular flexibility index (Phi) is 6.96. The van der Waals surface area contributed by atoms with Gasteiger partial charge < -0.3 is 15.4 Å². The standard InChI is InChI=1S/C13H26N2O3S/c1-11(4-9-19(3)17)15-12(16)13(10-18-2)5-7-14-8-6-13/h11,14H,4-10H2,1-3H3,(H,15,16). The van der Waals surface area contributed by atoms with Crippen LogP contribution in [0.3, 0.4) is 0 Å². The van der Waals surface area contributed by atoms with Crippen molar-refractivity contribution < 1.29 is 13.7 Å². The van der Waals surface area contributed by atoms with Gasteiger partial charge in [0.25, 0.3) is 0 Å². The molecule has 2 atom stereocenters. The number of nitrogens with one attached hydrogen (secondary N) is 2. The monoisotopic (exact) mass is 290 g/mol. The van der Waals surface area contributed by atoms with E-state index in [4.69, 9.17) is 4.74 Å². The van der Waals surface area contributed by atoms with Crippen LogP contribution in [0.15, 0.2) is 0 Å². The van der Waals surface area contributed by atoms with Crippen LogP contribution in [0.5, 0.6) is 0 Å². The van der Waals surface area contributed by atoms with Gasteiger partial charge in [0.2, 0.25) is 5.91 Å². The first-order chi connectivity index (χ1) is 9.00. The van der Waals surface area contributed by atoms with E-state index in [0.717, 1.165) is 32.4 Å². The summed E-state index contributed by atoms with van der Waals surface area (Å²) in [5.74, 6) is 0.700. The van der Waals surface area contributed by atoms with Gasteiger partial charge in [-0.3, -0.25) is 9.00 Å². The van der Waals surface area contributed by atoms with Gasteiger partial charge in [0.05, 0.1) is 12.0 Å². The Morgan fingerprint density at radius 2 is 2.11 bits per heavy atom. The number of ether oxygens (including phenoxy) is 1. The van der Waals surface area contributed by atoms with Crippen LogP contribution in [0.1, 0.15) is 26.2 Å². The molecule has 0 saturated carbocycles. The summed E-state index contributed by atoms with van der Waals surface area (Å²) in [6.45, 7) is 4.13. The molecule has 6 heteroatoms. The van der Waals surface area contributed by atoms with E-state index < -0.39 is 16.2 Å². The van der Waals surface area contributed by atoms with E-state index in [2.05, 4.69) is 10.6 Å². The molecule has 1 amide bonds. The number of carbonyl (C=O) groups is 1. The van der Waals surface area contributed by atoms with Gasteiger partial charge in [-0.05, 0) is 39.3 Å². The Morgan fingerprint density at radius 1 is 1.47 bits per heavy atom. The predicted molar refractivity (Wildman–Crippen MR) is 77.6 cm³/mol. The molecule has 5 nitrogen and oxygen atoms in total. The highest BCUT2D eigenvalue weighted by molar-refractivity contribution is 7.84. The third kappa shape index (κ3) is 5.20. The second-order valence-corrected chi connectivity index (χ2v) is 6.96. The molecule has 0 aromatic heterocycles. The molecule has 1 heterocycles. The van der Waals surface area contributed by atoms with Crippen LogP contribution in [0.25, 0.3) is 0 Å². The van der Waals surface area contributed by atoms with Crippen molar-refractivity contribution in [1.82, 2.24) is 10.6 Å². The van der Waals surface area contributed by atoms with E-state index in [1.54, 1.807) is 13.4 Å². The summed E-state index contributed by atoms with van der Waals surface area (Å²) in [6, 6.07) is 0.0556. The average molecular weight is 290 g/mol. The van der Waals surface area contributed by atoms with Gasteiger partial charge in [0.1, 0.15) is 0 Å². The maximum Gasteiger partial charge on any atom is 0.228 e. The molecule has 0 bridgehead atoms. The lowest BCUT2D eigenvalue weighted by Crippen LogP contribution is -2.52. The molecule has 0 radical (unpaired) electrons. The first-order valence-corrected chi connectivity index (χ1v) is 8.53. The molecule has 19 heavy (non-hydrogen) atoms. The highest BCUT2D eigenvalue weighted by Gasteiger charge is 2.39. The van der Waals surface area contributed by atoms with Crippen molar-refractivity contribution in [2.24, 2.45) is 5.41 Å². The lowest BCUT2D eigenvalue weighted by Gasteiger charge is -2.36. The number of hydrogen-bond acceptors (Lipinski definition) is 4. The fraction of sp³-hybridized carbons (Fsp3) is 0.923. The number of rotatable bonds is 7. The maximum atomic E-state index is 12.5. The zero-order valence-electron chi connectivity index (χ0n) is 12.2. The van der Waals surface area contributed by atoms with Crippen LogP contribution in [-0.4, -0.2) is 55.0 Å². The number of methoxy groups -OCH3 is 1. The maximum absolute atomic E-state index is 12.5. The van der Waals surface area contributed by atoms with Gasteiger partial charge in [-0.25, -0.2) is 0 Å². The molecule has 2 N–H and O–H groups in total. The lowest BCUT2D eigenvalue weighted by molar-refractivity contribution is -0.136. The minimum atomic E-state index is -0.806. The van der Waals surface area contributed by atoms with Gasteiger partial charge in [-0.15, -0.1) is 0 Å². The molecule has 0 aliphatic carbocycles. The van der Waals surface area contributed by atoms with Crippen LogP contribution in [0.2, 0.25) is 0 Å². The van der Waals surface area contributed by atoms with Crippen molar-refractivity contribution in [3.63, 3.8) is 0 Å². The number of carbonyl (C=O) groups excluding carboxylic acids is 1. The minimum absolute atomic E-state index is 0.0556. The predicted octanol–water partition coefficient (Wildman–Crippen LogP) is 0.276. The largest absolute Gasteiger partial charge is 0.384 e. The van der Waals surface area contributed by atoms with Crippen molar-refractivity contribution in [2.75, 3.05) is 38.8 Å². The van der Waals surface area contributed by atoms with Crippen molar-refractivity contribution >= 4 is 16.7 Å². The number of piperidine rings is 1. The van der Waals surface area contributed by atoms with Crippen molar-refractivity contribution in [3.05, 3.63) is 0 Å². The van der Waals surface area contributed by atoms with E-state index in [9.17, 15) is 9.00 Å². The Hall–Kier alpha value is -0.460. The average Bonchev–Trinajstić information content (AvgIpc) is 2.37. The topological polar surface area (TPSA) is 67.4 Å². The highest BCUT2D eigenvalue weighted by atomic mass is 32.2. The van der Waals surface area contributed by atoms with Gasteiger partial charge in [-0.2, -0.15) is 0 Å². The summed E-state index contributed by atoms with van der Waals surface area (Å²) in [5.41, 5.74) is -0.403. The summed E-state index contributed by atoms with van der Waals surface area (Å²) in [4.78, 5) is 12.5. The van der Waals surface area contributed by atoms with Gasteiger partial charge >= 0.3 is 0 Å². The molecule has 2 unspecified atom stereocenters. The molecule has 1 saturated heterocycles. The van der Waals surface area contributed by atoms with Gasteiger partial charge in [-0.1, -0.05) is 0 Å². The van der Waals surface area contributed by atoms with E-state index in [1.807, 2.05) is 6.92 Å². The molecule has 1 fully saturated rings. The van der Waals surface area contributed by atoms with Crippen molar-refractivity contribution in [1.29, 1.82) is 0 Å². The van der Waals surface area contributed by atoms with Crippen molar-refractivity contribution in [2.45, 2.75) is 32.2 Å². The fourth-order valence-electron chi connectivity index (χ4n) is 2.41. The summed E-state index contributed by atoms with van der Waals surface area (Å²) in [7, 11) is 0.834. The van der Waals surface area contributed by atoms with Crippen molar-refractivity contribution in [3.8, 4) is 0 Å². The van der Waals surface area contributed by atoms with E-state index >= 15 is 0 Å². The Bertz CT molecular complexity index is 312. The van der Waals surface area contributed by atoms with Gasteiger partial charge in [0.15, 0.2) is 0 Å². The summed E-state index contributed by atoms with van der Waals surface area (Å²) in [5, 5.41) is 6.32. The first-order valence-electron chi connectivity index (χ1n) is 6.81. The molecule has 1 rings (SSSR count). The Morgan fingerprint density at radius 3 is 2.63 bits per heavy atom. The third-order valence-corrected chi connectivity index (χ3v) is 4.49. The van der Waals surface area contributed by atoms with Crippen LogP contribution in [-0.2, 0) is 20.3 Å². The summed E-state index contributed by atoms with van der Waals surface area (Å²) >= 11 is 0. The highest BCUT2D eigenvalue weighted by Crippen LogP contribution is 2.29. The quantitative estimate of drug-likeness (QED) is 0.706. The van der Waals surface area contributed by atoms with Crippen LogP contribution < -0.4 is 10.6 Å². The molecule has 1 aliphatic heterocycles. The van der Waals surface area contributed by atoms with E-state index in [1.165, 1.54) is 0 Å². The molecule has 0 aromatic rings. The van der Waals surface area contributed by atoms with Crippen LogP contribution in [0.4, 0.5) is 0 Å². The molecular formula is C13H26N2O3S. The third-order valence-electron chi connectivity index (χ3n) is 3.68. The molecular weight excluding hydrogens is 264 g/mol. The summed E-state index contributed by atoms with van der Waals surface area (Å²) in [6.07, 6.45) is 4.04. The zero-order valence-corrected chi connectivity index (χ0v) is 13.0. The molecule has 0 aromatic carbocycles. The SMILES string of the molecule is COCC1(C(=O)NC(C)CCS(C)=O)CCNCC1. The molecule has 0 spiro atoms. The molecule has 1 aliphatic rings. The zero-order chi connectivity index (χ0) is 14.3. The Labute approximate surface area is 118 Å². The van der Waals surface area contributed by atoms with Crippen LogP contribution >= 0.6 is 0 Å². The summed E-state index contributed by atoms with van der Waals surface area (Å²) < 4.78 is 16.3. The lowest BCUT2D eigenvalue weighted by atomic mass is 9.78. The Balaban J connectivity index is 2.54. The fourth-order valence-corrected chi connectivity index (χ4v) is 3.10. The van der Waals surface area contributed by atoms with E-state index in [-0.39, 0.29) is 11.9 Å². The second-order valence-electron chi connectivity index (χ2n) is 5.40. The normalized spacial score (nSPS) is 21.6. The smallest absolute Gasteiger partial charge is 0.228 e. The van der Waals surface area contributed by atoms with E-state index in [0.29, 0.717) is 12.4 Å². The van der Waals surface area contributed by atoms with Gasteiger partial charge in [0, 0.05) is 36.0 Å². The number of hydrogen-bond donors (Lipinski definition) is 2. The second kappa shape index (κ2) is 7.97.